The monoisotopic (exact) mass is 267 g/mol. The van der Waals surface area contributed by atoms with Crippen LogP contribution in [0.5, 0.6) is 0 Å². The largest absolute Gasteiger partial charge is 0.309 e. The highest BCUT2D eigenvalue weighted by molar-refractivity contribution is 8.06. The molecule has 1 aliphatic rings. The molecule has 1 N–H and O–H groups in total. The van der Waals surface area contributed by atoms with E-state index in [4.69, 9.17) is 0 Å². The first-order valence-corrected chi connectivity index (χ1v) is 8.60. The summed E-state index contributed by atoms with van der Waals surface area (Å²) < 4.78 is 0. The molecule has 1 heterocycles. The zero-order chi connectivity index (χ0) is 11.9. The summed E-state index contributed by atoms with van der Waals surface area (Å²) in [4.78, 5) is 0. The van der Waals surface area contributed by atoms with Crippen LogP contribution < -0.4 is 5.32 Å². The van der Waals surface area contributed by atoms with E-state index in [0.29, 0.717) is 6.04 Å². The molecule has 3 heteroatoms. The minimum Gasteiger partial charge on any atom is -0.309 e. The van der Waals surface area contributed by atoms with Crippen LogP contribution in [0.4, 0.5) is 0 Å². The van der Waals surface area contributed by atoms with Gasteiger partial charge < -0.3 is 5.32 Å². The molecule has 94 valence electrons. The van der Waals surface area contributed by atoms with Crippen LogP contribution in [0.15, 0.2) is 30.3 Å². The first-order valence-electron chi connectivity index (χ1n) is 6.39. The van der Waals surface area contributed by atoms with Gasteiger partial charge in [-0.2, -0.15) is 23.5 Å². The van der Waals surface area contributed by atoms with Gasteiger partial charge in [-0.3, -0.25) is 0 Å². The number of hydrogen-bond acceptors (Lipinski definition) is 3. The SMILES string of the molecule is CCCNC(c1ccccc1)C1CSCCS1. The van der Waals surface area contributed by atoms with E-state index in [-0.39, 0.29) is 0 Å². The number of hydrogen-bond donors (Lipinski definition) is 1. The predicted octanol–water partition coefficient (Wildman–Crippen LogP) is 3.58. The Morgan fingerprint density at radius 3 is 2.76 bits per heavy atom. The molecule has 0 aromatic heterocycles. The van der Waals surface area contributed by atoms with Gasteiger partial charge in [-0.15, -0.1) is 0 Å². The lowest BCUT2D eigenvalue weighted by molar-refractivity contribution is 0.530. The Hall–Kier alpha value is -0.120. The first-order chi connectivity index (χ1) is 8.42. The highest BCUT2D eigenvalue weighted by Gasteiger charge is 2.25. The van der Waals surface area contributed by atoms with Gasteiger partial charge in [0.15, 0.2) is 0 Å². The fraction of sp³-hybridized carbons (Fsp3) is 0.571. The highest BCUT2D eigenvalue weighted by atomic mass is 32.2. The normalized spacial score (nSPS) is 22.3. The third-order valence-corrected chi connectivity index (χ3v) is 5.85. The lowest BCUT2D eigenvalue weighted by atomic mass is 10.0. The Morgan fingerprint density at radius 1 is 1.29 bits per heavy atom. The van der Waals surface area contributed by atoms with Crippen molar-refractivity contribution in [1.82, 2.24) is 5.32 Å². The smallest absolute Gasteiger partial charge is 0.0448 e. The van der Waals surface area contributed by atoms with E-state index >= 15 is 0 Å². The van der Waals surface area contributed by atoms with Gasteiger partial charge >= 0.3 is 0 Å². The molecule has 1 aliphatic heterocycles. The summed E-state index contributed by atoms with van der Waals surface area (Å²) in [6, 6.07) is 11.4. The molecule has 0 spiro atoms. The molecule has 1 nitrogen and oxygen atoms in total. The van der Waals surface area contributed by atoms with Crippen molar-refractivity contribution in [2.24, 2.45) is 0 Å². The van der Waals surface area contributed by atoms with Crippen LogP contribution in [0.3, 0.4) is 0 Å². The van der Waals surface area contributed by atoms with E-state index in [9.17, 15) is 0 Å². The molecule has 17 heavy (non-hydrogen) atoms. The molecule has 0 amide bonds. The van der Waals surface area contributed by atoms with Gasteiger partial charge in [0.05, 0.1) is 0 Å². The maximum Gasteiger partial charge on any atom is 0.0448 e. The molecule has 1 fully saturated rings. The molecule has 0 aliphatic carbocycles. The van der Waals surface area contributed by atoms with Crippen LogP contribution in [-0.2, 0) is 0 Å². The average molecular weight is 267 g/mol. The maximum atomic E-state index is 3.72. The van der Waals surface area contributed by atoms with Crippen LogP contribution >= 0.6 is 23.5 Å². The van der Waals surface area contributed by atoms with Gasteiger partial charge in [-0.1, -0.05) is 37.3 Å². The van der Waals surface area contributed by atoms with E-state index in [1.807, 2.05) is 0 Å². The summed E-state index contributed by atoms with van der Waals surface area (Å²) in [5, 5.41) is 4.45. The second-order valence-electron chi connectivity index (χ2n) is 4.33. The van der Waals surface area contributed by atoms with Gasteiger partial charge in [0.25, 0.3) is 0 Å². The van der Waals surface area contributed by atoms with E-state index in [0.717, 1.165) is 11.8 Å². The minimum absolute atomic E-state index is 0.522. The van der Waals surface area contributed by atoms with E-state index in [1.54, 1.807) is 0 Å². The first kappa shape index (κ1) is 13.3. The summed E-state index contributed by atoms with van der Waals surface area (Å²) in [5.74, 6) is 3.89. The second kappa shape index (κ2) is 7.34. The highest BCUT2D eigenvalue weighted by Crippen LogP contribution is 2.33. The Labute approximate surface area is 113 Å². The summed E-state index contributed by atoms with van der Waals surface area (Å²) in [6.07, 6.45) is 1.20. The average Bonchev–Trinajstić information content (AvgIpc) is 2.42. The Bertz CT molecular complexity index is 309. The number of benzene rings is 1. The van der Waals surface area contributed by atoms with Crippen molar-refractivity contribution in [3.8, 4) is 0 Å². The maximum absolute atomic E-state index is 3.72. The van der Waals surface area contributed by atoms with E-state index < -0.39 is 0 Å². The predicted molar refractivity (Wildman–Crippen MR) is 81.0 cm³/mol. The van der Waals surface area contributed by atoms with Crippen molar-refractivity contribution in [3.05, 3.63) is 35.9 Å². The van der Waals surface area contributed by atoms with Crippen molar-refractivity contribution < 1.29 is 0 Å². The summed E-state index contributed by atoms with van der Waals surface area (Å²) in [7, 11) is 0. The molecule has 0 bridgehead atoms. The molecule has 0 saturated carbocycles. The summed E-state index contributed by atoms with van der Waals surface area (Å²) in [6.45, 7) is 3.35. The summed E-state index contributed by atoms with van der Waals surface area (Å²) in [5.41, 5.74) is 1.45. The van der Waals surface area contributed by atoms with Gasteiger partial charge in [-0.25, -0.2) is 0 Å². The van der Waals surface area contributed by atoms with Gasteiger partial charge in [-0.05, 0) is 18.5 Å². The van der Waals surface area contributed by atoms with Crippen molar-refractivity contribution >= 4 is 23.5 Å². The number of nitrogens with one attached hydrogen (secondary N) is 1. The van der Waals surface area contributed by atoms with Gasteiger partial charge in [0, 0.05) is 28.6 Å². The zero-order valence-corrected chi connectivity index (χ0v) is 12.0. The fourth-order valence-electron chi connectivity index (χ4n) is 2.12. The molecule has 2 rings (SSSR count). The summed E-state index contributed by atoms with van der Waals surface area (Å²) >= 11 is 4.23. The molecular formula is C14H21NS2. The van der Waals surface area contributed by atoms with Crippen molar-refractivity contribution in [2.75, 3.05) is 23.8 Å². The number of rotatable bonds is 5. The topological polar surface area (TPSA) is 12.0 Å². The molecule has 1 saturated heterocycles. The lowest BCUT2D eigenvalue weighted by Crippen LogP contribution is -2.34. The minimum atomic E-state index is 0.522. The zero-order valence-electron chi connectivity index (χ0n) is 10.4. The Kier molecular flexibility index (Phi) is 5.75. The molecule has 1 aromatic carbocycles. The van der Waals surface area contributed by atoms with Crippen LogP contribution in [0.1, 0.15) is 24.9 Å². The van der Waals surface area contributed by atoms with Crippen LogP contribution in [0.2, 0.25) is 0 Å². The third-order valence-electron chi connectivity index (χ3n) is 2.99. The molecule has 2 unspecified atom stereocenters. The Balaban J connectivity index is 2.06. The number of thioether (sulfide) groups is 2. The molecular weight excluding hydrogens is 246 g/mol. The standard InChI is InChI=1S/C14H21NS2/c1-2-8-15-14(12-6-4-3-5-7-12)13-11-16-9-10-17-13/h3-7,13-15H,2,8-11H2,1H3. The Morgan fingerprint density at radius 2 is 2.12 bits per heavy atom. The quantitative estimate of drug-likeness (QED) is 0.876. The van der Waals surface area contributed by atoms with Crippen LogP contribution in [0.25, 0.3) is 0 Å². The van der Waals surface area contributed by atoms with Crippen molar-refractivity contribution in [3.63, 3.8) is 0 Å². The molecule has 0 radical (unpaired) electrons. The fourth-order valence-corrected chi connectivity index (χ4v) is 4.99. The van der Waals surface area contributed by atoms with Gasteiger partial charge in [0.1, 0.15) is 0 Å². The third kappa shape index (κ3) is 3.94. The van der Waals surface area contributed by atoms with Crippen LogP contribution in [0, 0.1) is 0 Å². The van der Waals surface area contributed by atoms with E-state index in [2.05, 4.69) is 66.1 Å². The van der Waals surface area contributed by atoms with Crippen molar-refractivity contribution in [2.45, 2.75) is 24.6 Å². The second-order valence-corrected chi connectivity index (χ2v) is 6.82. The van der Waals surface area contributed by atoms with Crippen molar-refractivity contribution in [1.29, 1.82) is 0 Å². The van der Waals surface area contributed by atoms with Gasteiger partial charge in [0.2, 0.25) is 0 Å². The lowest BCUT2D eigenvalue weighted by Gasteiger charge is -2.30. The molecule has 2 atom stereocenters. The van der Waals surface area contributed by atoms with E-state index in [1.165, 1.54) is 29.2 Å². The molecule has 1 aromatic rings. The van der Waals surface area contributed by atoms with Crippen LogP contribution in [-0.4, -0.2) is 29.1 Å².